The van der Waals surface area contributed by atoms with Gasteiger partial charge in [-0.2, -0.15) is 0 Å². The summed E-state index contributed by atoms with van der Waals surface area (Å²) in [6, 6.07) is 8.46. The molecule has 3 N–H and O–H groups in total. The van der Waals surface area contributed by atoms with Gasteiger partial charge in [0.05, 0.1) is 0 Å². The van der Waals surface area contributed by atoms with Crippen LogP contribution in [0.4, 0.5) is 0 Å². The molecule has 0 amide bonds. The largest absolute Gasteiger partial charge is 0.409 e. The van der Waals surface area contributed by atoms with E-state index < -0.39 is 0 Å². The van der Waals surface area contributed by atoms with E-state index in [4.69, 9.17) is 10.9 Å². The van der Waals surface area contributed by atoms with Crippen LogP contribution in [0.15, 0.2) is 34.3 Å². The van der Waals surface area contributed by atoms with Gasteiger partial charge >= 0.3 is 0 Å². The Balaban J connectivity index is 2.45. The molecule has 0 atom stereocenters. The Hall–Kier alpha value is -1.16. The monoisotopic (exact) mass is 252 g/mol. The molecule has 0 aliphatic rings. The van der Waals surface area contributed by atoms with Crippen LogP contribution >= 0.6 is 11.8 Å². The van der Waals surface area contributed by atoms with Gasteiger partial charge in [0.25, 0.3) is 0 Å². The number of oxime groups is 1. The Morgan fingerprint density at radius 3 is 2.47 bits per heavy atom. The summed E-state index contributed by atoms with van der Waals surface area (Å²) < 4.78 is 0. The number of hydrogen-bond donors (Lipinski definition) is 2. The predicted molar refractivity (Wildman–Crippen MR) is 73.7 cm³/mol. The Kier molecular flexibility index (Phi) is 4.87. The lowest BCUT2D eigenvalue weighted by atomic mass is 9.89. The van der Waals surface area contributed by atoms with E-state index in [2.05, 4.69) is 36.3 Å². The maximum Gasteiger partial charge on any atom is 0.144 e. The van der Waals surface area contributed by atoms with E-state index in [-0.39, 0.29) is 5.41 Å². The number of aryl methyl sites for hydroxylation is 1. The molecule has 3 nitrogen and oxygen atoms in total. The molecule has 0 saturated carbocycles. The highest BCUT2D eigenvalue weighted by Crippen LogP contribution is 2.26. The first-order valence-electron chi connectivity index (χ1n) is 5.63. The van der Waals surface area contributed by atoms with Crippen LogP contribution in [-0.2, 0) is 0 Å². The molecule has 17 heavy (non-hydrogen) atoms. The summed E-state index contributed by atoms with van der Waals surface area (Å²) in [5.74, 6) is 1.24. The second-order valence-electron chi connectivity index (χ2n) is 4.78. The van der Waals surface area contributed by atoms with Gasteiger partial charge < -0.3 is 10.9 Å². The molecular formula is C13H20N2OS. The second-order valence-corrected chi connectivity index (χ2v) is 5.95. The maximum atomic E-state index is 8.67. The van der Waals surface area contributed by atoms with Crippen LogP contribution < -0.4 is 5.73 Å². The van der Waals surface area contributed by atoms with Crippen molar-refractivity contribution in [2.45, 2.75) is 32.1 Å². The lowest BCUT2D eigenvalue weighted by Crippen LogP contribution is -2.32. The third kappa shape index (κ3) is 4.30. The summed E-state index contributed by atoms with van der Waals surface area (Å²) in [6.07, 6.45) is 0.876. The van der Waals surface area contributed by atoms with E-state index in [9.17, 15) is 0 Å². The number of hydrogen-bond acceptors (Lipinski definition) is 3. The van der Waals surface area contributed by atoms with E-state index in [1.54, 1.807) is 11.8 Å². The van der Waals surface area contributed by atoms with E-state index in [1.807, 2.05) is 13.8 Å². The van der Waals surface area contributed by atoms with Gasteiger partial charge in [-0.25, -0.2) is 0 Å². The summed E-state index contributed by atoms with van der Waals surface area (Å²) in [5.41, 5.74) is 6.65. The summed E-state index contributed by atoms with van der Waals surface area (Å²) >= 11 is 1.79. The van der Waals surface area contributed by atoms with E-state index in [1.165, 1.54) is 10.5 Å². The van der Waals surface area contributed by atoms with Crippen molar-refractivity contribution < 1.29 is 5.21 Å². The molecule has 0 fully saturated rings. The van der Waals surface area contributed by atoms with Gasteiger partial charge in [0.15, 0.2) is 0 Å². The molecule has 0 saturated heterocycles. The van der Waals surface area contributed by atoms with E-state index >= 15 is 0 Å². The number of benzene rings is 1. The molecule has 0 bridgehead atoms. The summed E-state index contributed by atoms with van der Waals surface area (Å²) in [6.45, 7) is 6.05. The minimum absolute atomic E-state index is 0.257. The first-order valence-corrected chi connectivity index (χ1v) is 6.62. The summed E-state index contributed by atoms with van der Waals surface area (Å²) in [5, 5.41) is 11.8. The van der Waals surface area contributed by atoms with Gasteiger partial charge in [-0.05, 0) is 31.2 Å². The quantitative estimate of drug-likeness (QED) is 0.278. The van der Waals surface area contributed by atoms with E-state index in [0.29, 0.717) is 5.84 Å². The smallest absolute Gasteiger partial charge is 0.144 e. The van der Waals surface area contributed by atoms with Crippen molar-refractivity contribution in [1.29, 1.82) is 0 Å². The molecular weight excluding hydrogens is 232 g/mol. The lowest BCUT2D eigenvalue weighted by Gasteiger charge is -2.22. The van der Waals surface area contributed by atoms with Crippen molar-refractivity contribution in [3.8, 4) is 0 Å². The average Bonchev–Trinajstić information content (AvgIpc) is 2.30. The zero-order chi connectivity index (χ0) is 12.9. The van der Waals surface area contributed by atoms with Gasteiger partial charge in [0.1, 0.15) is 5.84 Å². The van der Waals surface area contributed by atoms with Gasteiger partial charge in [-0.1, -0.05) is 36.7 Å². The Labute approximate surface area is 107 Å². The Morgan fingerprint density at radius 1 is 1.35 bits per heavy atom. The Bertz CT molecular complexity index is 385. The third-order valence-electron chi connectivity index (χ3n) is 2.82. The molecule has 0 aliphatic carbocycles. The van der Waals surface area contributed by atoms with Crippen LogP contribution in [-0.4, -0.2) is 16.8 Å². The normalized spacial score (nSPS) is 12.8. The SMILES string of the molecule is Cc1ccc(SCCC(C)(C)C(N)=NO)cc1. The number of nitrogens with two attached hydrogens (primary N) is 1. The number of rotatable bonds is 5. The minimum atomic E-state index is -0.257. The van der Waals surface area contributed by atoms with E-state index in [0.717, 1.165) is 12.2 Å². The first kappa shape index (κ1) is 13.9. The van der Waals surface area contributed by atoms with Crippen LogP contribution in [0.2, 0.25) is 0 Å². The van der Waals surface area contributed by atoms with Crippen molar-refractivity contribution in [1.82, 2.24) is 0 Å². The molecule has 1 aromatic carbocycles. The van der Waals surface area contributed by atoms with Crippen molar-refractivity contribution in [2.24, 2.45) is 16.3 Å². The number of thioether (sulfide) groups is 1. The van der Waals surface area contributed by atoms with Crippen molar-refractivity contribution >= 4 is 17.6 Å². The molecule has 0 aliphatic heterocycles. The highest BCUT2D eigenvalue weighted by atomic mass is 32.2. The zero-order valence-corrected chi connectivity index (χ0v) is 11.4. The van der Waals surface area contributed by atoms with Gasteiger partial charge in [0, 0.05) is 10.3 Å². The van der Waals surface area contributed by atoms with Gasteiger partial charge in [-0.15, -0.1) is 11.8 Å². The molecule has 0 aromatic heterocycles. The van der Waals surface area contributed by atoms with Crippen LogP contribution in [0, 0.1) is 12.3 Å². The summed E-state index contributed by atoms with van der Waals surface area (Å²) in [7, 11) is 0. The topological polar surface area (TPSA) is 58.6 Å². The molecule has 0 spiro atoms. The van der Waals surface area contributed by atoms with Crippen LogP contribution in [0.25, 0.3) is 0 Å². The average molecular weight is 252 g/mol. The fraction of sp³-hybridized carbons (Fsp3) is 0.462. The highest BCUT2D eigenvalue weighted by Gasteiger charge is 2.22. The lowest BCUT2D eigenvalue weighted by molar-refractivity contribution is 0.307. The fourth-order valence-electron chi connectivity index (χ4n) is 1.32. The van der Waals surface area contributed by atoms with Crippen LogP contribution in [0.1, 0.15) is 25.8 Å². The zero-order valence-electron chi connectivity index (χ0n) is 10.6. The molecule has 0 unspecified atom stereocenters. The number of nitrogens with zero attached hydrogens (tertiary/aromatic N) is 1. The molecule has 1 aromatic rings. The standard InChI is InChI=1S/C13H20N2OS/c1-10-4-6-11(7-5-10)17-9-8-13(2,3)12(14)15-16/h4-7,16H,8-9H2,1-3H3,(H2,14,15). The predicted octanol–water partition coefficient (Wildman–Crippen LogP) is 3.25. The fourth-order valence-corrected chi connectivity index (χ4v) is 2.50. The van der Waals surface area contributed by atoms with Crippen LogP contribution in [0.5, 0.6) is 0 Å². The summed E-state index contributed by atoms with van der Waals surface area (Å²) in [4.78, 5) is 1.26. The third-order valence-corrected chi connectivity index (χ3v) is 3.83. The minimum Gasteiger partial charge on any atom is -0.409 e. The van der Waals surface area contributed by atoms with Crippen LogP contribution in [0.3, 0.4) is 0 Å². The molecule has 0 heterocycles. The van der Waals surface area contributed by atoms with Crippen molar-refractivity contribution in [3.05, 3.63) is 29.8 Å². The second kappa shape index (κ2) is 5.96. The molecule has 0 radical (unpaired) electrons. The molecule has 1 rings (SSSR count). The highest BCUT2D eigenvalue weighted by molar-refractivity contribution is 7.99. The number of amidine groups is 1. The van der Waals surface area contributed by atoms with Crippen molar-refractivity contribution in [3.63, 3.8) is 0 Å². The first-order chi connectivity index (χ1) is 7.95. The Morgan fingerprint density at radius 2 is 1.94 bits per heavy atom. The van der Waals surface area contributed by atoms with Gasteiger partial charge in [-0.3, -0.25) is 0 Å². The molecule has 4 heteroatoms. The van der Waals surface area contributed by atoms with Gasteiger partial charge in [0.2, 0.25) is 0 Å². The van der Waals surface area contributed by atoms with Crippen molar-refractivity contribution in [2.75, 3.05) is 5.75 Å². The molecule has 94 valence electrons. The maximum absolute atomic E-state index is 8.67.